The van der Waals surface area contributed by atoms with E-state index in [1.165, 1.54) is 12.8 Å². The summed E-state index contributed by atoms with van der Waals surface area (Å²) in [5.41, 5.74) is 0. The molecule has 1 saturated heterocycles. The Kier molecular flexibility index (Phi) is 3.15. The molecule has 0 N–H and O–H groups in total. The summed E-state index contributed by atoms with van der Waals surface area (Å²) in [4.78, 5) is 6.80. The maximum atomic E-state index is 5.83. The van der Waals surface area contributed by atoms with Gasteiger partial charge in [-0.1, -0.05) is 0 Å². The van der Waals surface area contributed by atoms with Gasteiger partial charge in [0, 0.05) is 25.2 Å². The number of oxazole rings is 1. The Balaban J connectivity index is 1.38. The quantitative estimate of drug-likeness (QED) is 0.861. The summed E-state index contributed by atoms with van der Waals surface area (Å²) >= 11 is 3.45. The monoisotopic (exact) mass is 336 g/mol. The molecular weight excluding hydrogens is 320 g/mol. The lowest BCUT2D eigenvalue weighted by atomic mass is 10.3. The SMILES string of the molecule is Brc1cnn(C2CCN(Cc3ncc(C4CC4)o3)C2)c1. The highest BCUT2D eigenvalue weighted by molar-refractivity contribution is 9.10. The van der Waals surface area contributed by atoms with Gasteiger partial charge < -0.3 is 4.42 Å². The summed E-state index contributed by atoms with van der Waals surface area (Å²) in [7, 11) is 0. The fourth-order valence-electron chi connectivity index (χ4n) is 2.83. The highest BCUT2D eigenvalue weighted by atomic mass is 79.9. The van der Waals surface area contributed by atoms with Crippen LogP contribution in [0.4, 0.5) is 0 Å². The van der Waals surface area contributed by atoms with Crippen LogP contribution in [0.15, 0.2) is 27.5 Å². The van der Waals surface area contributed by atoms with Crippen LogP contribution in [0.25, 0.3) is 0 Å². The lowest BCUT2D eigenvalue weighted by Crippen LogP contribution is -2.21. The number of likely N-dealkylation sites (tertiary alicyclic amines) is 1. The van der Waals surface area contributed by atoms with Crippen LogP contribution in [-0.2, 0) is 6.54 Å². The first-order valence-electron chi connectivity index (χ1n) is 7.14. The molecule has 0 amide bonds. The molecule has 1 aliphatic heterocycles. The van der Waals surface area contributed by atoms with Crippen molar-refractivity contribution < 1.29 is 4.42 Å². The van der Waals surface area contributed by atoms with E-state index in [4.69, 9.17) is 4.42 Å². The summed E-state index contributed by atoms with van der Waals surface area (Å²) in [5, 5.41) is 4.38. The Labute approximate surface area is 126 Å². The molecule has 0 bridgehead atoms. The van der Waals surface area contributed by atoms with Gasteiger partial charge in [-0.2, -0.15) is 5.10 Å². The molecule has 1 unspecified atom stereocenters. The van der Waals surface area contributed by atoms with E-state index in [-0.39, 0.29) is 0 Å². The molecule has 0 aromatic carbocycles. The molecule has 2 aliphatic rings. The minimum absolute atomic E-state index is 0.458. The average molecular weight is 337 g/mol. The Morgan fingerprint density at radius 3 is 2.95 bits per heavy atom. The third-order valence-electron chi connectivity index (χ3n) is 4.10. The zero-order chi connectivity index (χ0) is 13.5. The number of halogens is 1. The van der Waals surface area contributed by atoms with Crippen molar-refractivity contribution in [3.63, 3.8) is 0 Å². The molecule has 2 fully saturated rings. The summed E-state index contributed by atoms with van der Waals surface area (Å²) in [6.07, 6.45) is 9.45. The van der Waals surface area contributed by atoms with E-state index in [0.717, 1.165) is 42.2 Å². The Morgan fingerprint density at radius 1 is 1.30 bits per heavy atom. The van der Waals surface area contributed by atoms with Gasteiger partial charge in [0.2, 0.25) is 5.89 Å². The molecule has 5 nitrogen and oxygen atoms in total. The minimum atomic E-state index is 0.458. The maximum absolute atomic E-state index is 5.83. The van der Waals surface area contributed by atoms with E-state index in [1.807, 2.05) is 18.6 Å². The van der Waals surface area contributed by atoms with Crippen LogP contribution >= 0.6 is 15.9 Å². The highest BCUT2D eigenvalue weighted by Gasteiger charge is 2.29. The van der Waals surface area contributed by atoms with Crippen molar-refractivity contribution >= 4 is 15.9 Å². The molecule has 106 valence electrons. The Morgan fingerprint density at radius 2 is 2.20 bits per heavy atom. The Hall–Kier alpha value is -1.14. The fraction of sp³-hybridized carbons (Fsp3) is 0.571. The molecule has 6 heteroatoms. The van der Waals surface area contributed by atoms with Gasteiger partial charge in [0.15, 0.2) is 0 Å². The molecule has 0 radical (unpaired) electrons. The normalized spacial score (nSPS) is 23.6. The number of aromatic nitrogens is 3. The second-order valence-corrected chi connectivity index (χ2v) is 6.66. The largest absolute Gasteiger partial charge is 0.444 e. The first kappa shape index (κ1) is 12.6. The van der Waals surface area contributed by atoms with E-state index < -0.39 is 0 Å². The van der Waals surface area contributed by atoms with Crippen LogP contribution in [0, 0.1) is 0 Å². The molecule has 2 aromatic rings. The number of hydrogen-bond donors (Lipinski definition) is 0. The smallest absolute Gasteiger partial charge is 0.208 e. The summed E-state index contributed by atoms with van der Waals surface area (Å²) in [6.45, 7) is 2.89. The molecule has 1 saturated carbocycles. The molecule has 20 heavy (non-hydrogen) atoms. The second-order valence-electron chi connectivity index (χ2n) is 5.75. The molecule has 1 atom stereocenters. The van der Waals surface area contributed by atoms with E-state index in [2.05, 4.69) is 35.6 Å². The van der Waals surface area contributed by atoms with Crippen LogP contribution < -0.4 is 0 Å². The first-order valence-corrected chi connectivity index (χ1v) is 7.94. The van der Waals surface area contributed by atoms with Gasteiger partial charge in [-0.05, 0) is 35.2 Å². The van der Waals surface area contributed by atoms with Gasteiger partial charge in [0.1, 0.15) is 5.76 Å². The van der Waals surface area contributed by atoms with Gasteiger partial charge >= 0.3 is 0 Å². The predicted molar refractivity (Wildman–Crippen MR) is 77.3 cm³/mol. The van der Waals surface area contributed by atoms with Crippen molar-refractivity contribution in [3.05, 3.63) is 34.7 Å². The number of rotatable bonds is 4. The van der Waals surface area contributed by atoms with Gasteiger partial charge in [-0.25, -0.2) is 4.98 Å². The van der Waals surface area contributed by atoms with Gasteiger partial charge in [-0.3, -0.25) is 9.58 Å². The lowest BCUT2D eigenvalue weighted by Gasteiger charge is -2.14. The van der Waals surface area contributed by atoms with Crippen LogP contribution in [0.1, 0.15) is 42.9 Å². The molecule has 3 heterocycles. The molecular formula is C14H17BrN4O. The maximum Gasteiger partial charge on any atom is 0.208 e. The van der Waals surface area contributed by atoms with E-state index in [9.17, 15) is 0 Å². The van der Waals surface area contributed by atoms with E-state index in [0.29, 0.717) is 12.0 Å². The lowest BCUT2D eigenvalue weighted by molar-refractivity contribution is 0.274. The van der Waals surface area contributed by atoms with Gasteiger partial charge in [-0.15, -0.1) is 0 Å². The standard InChI is InChI=1S/C14H17BrN4O/c15-11-5-17-19(7-11)12-3-4-18(8-12)9-14-16-6-13(20-14)10-1-2-10/h5-7,10,12H,1-4,8-9H2. The van der Waals surface area contributed by atoms with Crippen molar-refractivity contribution in [2.45, 2.75) is 37.8 Å². The molecule has 4 rings (SSSR count). The van der Waals surface area contributed by atoms with Gasteiger partial charge in [0.05, 0.1) is 29.5 Å². The topological polar surface area (TPSA) is 47.1 Å². The second kappa shape index (κ2) is 5.00. The minimum Gasteiger partial charge on any atom is -0.444 e. The van der Waals surface area contributed by atoms with Crippen LogP contribution in [0.2, 0.25) is 0 Å². The summed E-state index contributed by atoms with van der Waals surface area (Å²) in [5.74, 6) is 2.57. The number of hydrogen-bond acceptors (Lipinski definition) is 4. The summed E-state index contributed by atoms with van der Waals surface area (Å²) < 4.78 is 8.92. The van der Waals surface area contributed by atoms with Crippen molar-refractivity contribution in [1.29, 1.82) is 0 Å². The molecule has 2 aromatic heterocycles. The van der Waals surface area contributed by atoms with Crippen molar-refractivity contribution in [2.75, 3.05) is 13.1 Å². The number of nitrogens with zero attached hydrogens (tertiary/aromatic N) is 4. The third kappa shape index (κ3) is 2.54. The molecule has 1 aliphatic carbocycles. The van der Waals surface area contributed by atoms with E-state index in [1.54, 1.807) is 0 Å². The van der Waals surface area contributed by atoms with Crippen molar-refractivity contribution in [2.24, 2.45) is 0 Å². The van der Waals surface area contributed by atoms with Crippen LogP contribution in [-0.4, -0.2) is 32.8 Å². The van der Waals surface area contributed by atoms with E-state index >= 15 is 0 Å². The van der Waals surface area contributed by atoms with Crippen LogP contribution in [0.5, 0.6) is 0 Å². The third-order valence-corrected chi connectivity index (χ3v) is 4.51. The van der Waals surface area contributed by atoms with Crippen LogP contribution in [0.3, 0.4) is 0 Å². The zero-order valence-corrected chi connectivity index (χ0v) is 12.8. The zero-order valence-electron chi connectivity index (χ0n) is 11.2. The predicted octanol–water partition coefficient (Wildman–Crippen LogP) is 2.96. The molecule has 0 spiro atoms. The average Bonchev–Trinajstić information content (AvgIpc) is 2.86. The summed E-state index contributed by atoms with van der Waals surface area (Å²) in [6, 6.07) is 0.458. The van der Waals surface area contributed by atoms with Gasteiger partial charge in [0.25, 0.3) is 0 Å². The van der Waals surface area contributed by atoms with Crippen molar-refractivity contribution in [1.82, 2.24) is 19.7 Å². The first-order chi connectivity index (χ1) is 9.78. The Bertz CT molecular complexity index is 604. The highest BCUT2D eigenvalue weighted by Crippen LogP contribution is 2.40. The van der Waals surface area contributed by atoms with Crippen molar-refractivity contribution in [3.8, 4) is 0 Å². The fourth-order valence-corrected chi connectivity index (χ4v) is 3.13.